The molecule has 0 saturated heterocycles. The molecule has 0 saturated carbocycles. The molecule has 2 N–H and O–H groups in total. The molecule has 0 unspecified atom stereocenters. The van der Waals surface area contributed by atoms with Crippen LogP contribution in [0.5, 0.6) is 0 Å². The Morgan fingerprint density at radius 2 is 2.50 bits per heavy atom. The van der Waals surface area contributed by atoms with Crippen molar-refractivity contribution in [1.29, 1.82) is 0 Å². The number of amides is 1. The molecule has 0 fully saturated rings. The Hall–Kier alpha value is -1.01. The van der Waals surface area contributed by atoms with Crippen molar-refractivity contribution < 1.29 is 9.90 Å². The second-order valence-electron chi connectivity index (χ2n) is 1.39. The van der Waals surface area contributed by atoms with Gasteiger partial charge in [0.1, 0.15) is 5.01 Å². The van der Waals surface area contributed by atoms with Crippen molar-refractivity contribution in [3.8, 4) is 0 Å². The van der Waals surface area contributed by atoms with Gasteiger partial charge in [-0.1, -0.05) is 11.3 Å². The molecule has 0 aliphatic carbocycles. The summed E-state index contributed by atoms with van der Waals surface area (Å²) < 4.78 is 0. The maximum Gasteiger partial charge on any atom is 0.315 e. The maximum atomic E-state index is 9.71. The van der Waals surface area contributed by atoms with E-state index in [-0.39, 0.29) is 6.61 Å². The van der Waals surface area contributed by atoms with Crippen molar-refractivity contribution in [1.82, 2.24) is 10.2 Å². The highest BCUT2D eigenvalue weighted by Crippen LogP contribution is 2.13. The summed E-state index contributed by atoms with van der Waals surface area (Å²) >= 11 is 1.11. The van der Waals surface area contributed by atoms with Crippen LogP contribution in [0.25, 0.3) is 0 Å². The van der Waals surface area contributed by atoms with E-state index in [1.54, 1.807) is 0 Å². The Morgan fingerprint density at radius 3 is 3.00 bits per heavy atom. The molecule has 10 heavy (non-hydrogen) atoms. The van der Waals surface area contributed by atoms with Gasteiger partial charge in [0.2, 0.25) is 5.13 Å². The Kier molecular flexibility index (Phi) is 2.30. The van der Waals surface area contributed by atoms with Crippen molar-refractivity contribution >= 4 is 22.9 Å². The van der Waals surface area contributed by atoms with E-state index < -0.39 is 0 Å². The fourth-order valence-corrected chi connectivity index (χ4v) is 0.955. The van der Waals surface area contributed by atoms with Gasteiger partial charge >= 0.3 is 6.41 Å². The van der Waals surface area contributed by atoms with Crippen LogP contribution < -0.4 is 5.32 Å². The summed E-state index contributed by atoms with van der Waals surface area (Å²) in [6.45, 7) is -0.155. The van der Waals surface area contributed by atoms with Crippen molar-refractivity contribution in [2.45, 2.75) is 6.61 Å². The number of carbonyl (C=O) groups excluding carboxylic acids is 1. The molecule has 1 amide bonds. The summed E-state index contributed by atoms with van der Waals surface area (Å²) in [5.74, 6) is 0. The largest absolute Gasteiger partial charge is 0.389 e. The molecular weight excluding hydrogens is 154 g/mol. The highest BCUT2D eigenvalue weighted by Gasteiger charge is 1.99. The molecule has 5 nitrogen and oxygen atoms in total. The number of nitrogens with one attached hydrogen (secondary N) is 1. The molecule has 0 aromatic carbocycles. The van der Waals surface area contributed by atoms with Gasteiger partial charge in [0.15, 0.2) is 0 Å². The second-order valence-corrected chi connectivity index (χ2v) is 2.45. The predicted molar refractivity (Wildman–Crippen MR) is 35.1 cm³/mol. The maximum absolute atomic E-state index is 9.71. The number of anilines is 1. The van der Waals surface area contributed by atoms with Crippen LogP contribution in [0, 0.1) is 0 Å². The van der Waals surface area contributed by atoms with E-state index in [1.165, 1.54) is 6.41 Å². The third-order valence-electron chi connectivity index (χ3n) is 0.760. The monoisotopic (exact) mass is 158 g/mol. The summed E-state index contributed by atoms with van der Waals surface area (Å²) in [6, 6.07) is 0. The van der Waals surface area contributed by atoms with Crippen LogP contribution in [0.4, 0.5) is 5.13 Å². The lowest BCUT2D eigenvalue weighted by molar-refractivity contribution is 0.280. The SMILES string of the molecule is O=[C]Nc1nnc(CO)s1. The smallest absolute Gasteiger partial charge is 0.315 e. The van der Waals surface area contributed by atoms with E-state index in [0.717, 1.165) is 11.3 Å². The topological polar surface area (TPSA) is 75.1 Å². The van der Waals surface area contributed by atoms with Gasteiger partial charge in [-0.25, -0.2) is 0 Å². The fourth-order valence-electron chi connectivity index (χ4n) is 0.412. The summed E-state index contributed by atoms with van der Waals surface area (Å²) in [4.78, 5) is 9.71. The number of hydrogen-bond donors (Lipinski definition) is 2. The first-order valence-corrected chi connectivity index (χ1v) is 3.25. The molecule has 1 heterocycles. The first-order chi connectivity index (χ1) is 4.86. The molecule has 1 radical (unpaired) electrons. The van der Waals surface area contributed by atoms with E-state index in [9.17, 15) is 4.79 Å². The molecule has 1 rings (SSSR count). The van der Waals surface area contributed by atoms with Gasteiger partial charge in [-0.3, -0.25) is 10.1 Å². The molecule has 0 atom stereocenters. The third-order valence-corrected chi connectivity index (χ3v) is 1.58. The summed E-state index contributed by atoms with van der Waals surface area (Å²) in [5.41, 5.74) is 0. The predicted octanol–water partition coefficient (Wildman–Crippen LogP) is -0.491. The Labute approximate surface area is 60.7 Å². The minimum atomic E-state index is -0.155. The average molecular weight is 158 g/mol. The van der Waals surface area contributed by atoms with Gasteiger partial charge in [-0.2, -0.15) is 0 Å². The van der Waals surface area contributed by atoms with E-state index in [1.807, 2.05) is 0 Å². The van der Waals surface area contributed by atoms with E-state index in [0.29, 0.717) is 10.1 Å². The summed E-state index contributed by atoms with van der Waals surface area (Å²) in [7, 11) is 0. The standard InChI is InChI=1S/C4H4N3O2S/c8-1-3-6-7-4(10-3)5-2-9/h8H,1H2,(H,5,7,9). The summed E-state index contributed by atoms with van der Waals surface area (Å²) in [5, 5.41) is 18.5. The molecule has 1 aromatic rings. The van der Waals surface area contributed by atoms with Crippen LogP contribution in [0.1, 0.15) is 5.01 Å². The zero-order valence-corrected chi connectivity index (χ0v) is 5.68. The van der Waals surface area contributed by atoms with Gasteiger partial charge in [0, 0.05) is 0 Å². The van der Waals surface area contributed by atoms with Crippen LogP contribution in [0.2, 0.25) is 0 Å². The number of aliphatic hydroxyl groups is 1. The fraction of sp³-hybridized carbons (Fsp3) is 0.250. The zero-order chi connectivity index (χ0) is 7.40. The number of rotatable bonds is 3. The second kappa shape index (κ2) is 3.23. The highest BCUT2D eigenvalue weighted by molar-refractivity contribution is 7.15. The highest BCUT2D eigenvalue weighted by atomic mass is 32.1. The number of nitrogens with zero attached hydrogens (tertiary/aromatic N) is 2. The lowest BCUT2D eigenvalue weighted by atomic mass is 10.8. The Bertz CT molecular complexity index is 224. The van der Waals surface area contributed by atoms with Gasteiger partial charge in [0.05, 0.1) is 6.61 Å². The first kappa shape index (κ1) is 7.10. The van der Waals surface area contributed by atoms with Crippen molar-refractivity contribution in [3.05, 3.63) is 5.01 Å². The van der Waals surface area contributed by atoms with Crippen LogP contribution in [-0.2, 0) is 11.4 Å². The number of aromatic nitrogens is 2. The third kappa shape index (κ3) is 1.49. The van der Waals surface area contributed by atoms with Crippen LogP contribution in [0.15, 0.2) is 0 Å². The molecule has 53 valence electrons. The molecule has 0 spiro atoms. The first-order valence-electron chi connectivity index (χ1n) is 2.43. The van der Waals surface area contributed by atoms with E-state index in [2.05, 4.69) is 15.5 Å². The van der Waals surface area contributed by atoms with Crippen molar-refractivity contribution in [2.24, 2.45) is 0 Å². The van der Waals surface area contributed by atoms with Gasteiger partial charge in [-0.15, -0.1) is 10.2 Å². The van der Waals surface area contributed by atoms with Crippen molar-refractivity contribution in [3.63, 3.8) is 0 Å². The normalized spacial score (nSPS) is 9.30. The Balaban J connectivity index is 2.67. The lowest BCUT2D eigenvalue weighted by Crippen LogP contribution is -1.91. The lowest BCUT2D eigenvalue weighted by Gasteiger charge is -1.81. The Morgan fingerprint density at radius 1 is 1.70 bits per heavy atom. The molecule has 0 aliphatic rings. The quantitative estimate of drug-likeness (QED) is 0.582. The van der Waals surface area contributed by atoms with Gasteiger partial charge in [-0.05, 0) is 0 Å². The number of hydrogen-bond acceptors (Lipinski definition) is 5. The van der Waals surface area contributed by atoms with E-state index in [4.69, 9.17) is 5.11 Å². The zero-order valence-electron chi connectivity index (χ0n) is 4.87. The molecule has 6 heteroatoms. The van der Waals surface area contributed by atoms with Crippen molar-refractivity contribution in [2.75, 3.05) is 5.32 Å². The van der Waals surface area contributed by atoms with Gasteiger partial charge < -0.3 is 5.11 Å². The average Bonchev–Trinajstić information content (AvgIpc) is 2.37. The minimum Gasteiger partial charge on any atom is -0.389 e. The molecule has 0 bridgehead atoms. The van der Waals surface area contributed by atoms with Crippen LogP contribution in [-0.4, -0.2) is 21.7 Å². The minimum absolute atomic E-state index is 0.155. The summed E-state index contributed by atoms with van der Waals surface area (Å²) in [6.07, 6.45) is 1.45. The van der Waals surface area contributed by atoms with Crippen LogP contribution >= 0.6 is 11.3 Å². The number of aliphatic hydroxyl groups excluding tert-OH is 1. The van der Waals surface area contributed by atoms with Crippen LogP contribution in [0.3, 0.4) is 0 Å². The van der Waals surface area contributed by atoms with E-state index >= 15 is 0 Å². The molecular formula is C4H4N3O2S. The molecule has 1 aromatic heterocycles. The van der Waals surface area contributed by atoms with Gasteiger partial charge in [0.25, 0.3) is 0 Å². The molecule has 0 aliphatic heterocycles.